The Hall–Kier alpha value is -2.67. The molecule has 1 saturated heterocycles. The second-order valence-corrected chi connectivity index (χ2v) is 6.76. The van der Waals surface area contributed by atoms with E-state index in [0.29, 0.717) is 10.7 Å². The Balaban J connectivity index is 1.51. The van der Waals surface area contributed by atoms with Crippen molar-refractivity contribution < 1.29 is 13.9 Å². The van der Waals surface area contributed by atoms with Crippen molar-refractivity contribution in [2.75, 3.05) is 25.5 Å². The summed E-state index contributed by atoms with van der Waals surface area (Å²) in [6.07, 6.45) is 1.55. The van der Waals surface area contributed by atoms with Crippen LogP contribution >= 0.6 is 12.2 Å². The van der Waals surface area contributed by atoms with Crippen molar-refractivity contribution in [2.24, 2.45) is 0 Å². The van der Waals surface area contributed by atoms with Gasteiger partial charge in [0, 0.05) is 24.7 Å². The molecule has 1 aliphatic heterocycles. The summed E-state index contributed by atoms with van der Waals surface area (Å²) in [6, 6.07) is 13.4. The van der Waals surface area contributed by atoms with Crippen LogP contribution < -0.4 is 15.4 Å². The summed E-state index contributed by atoms with van der Waals surface area (Å²) in [7, 11) is 1.62. The van der Waals surface area contributed by atoms with Crippen molar-refractivity contribution in [3.8, 4) is 5.75 Å². The fourth-order valence-corrected chi connectivity index (χ4v) is 3.36. The Bertz CT molecular complexity index is 822. The topological polar surface area (TPSA) is 53.6 Å². The van der Waals surface area contributed by atoms with E-state index in [4.69, 9.17) is 17.0 Å². The summed E-state index contributed by atoms with van der Waals surface area (Å²) in [5, 5.41) is 6.83. The number of halogens is 1. The van der Waals surface area contributed by atoms with Crippen LogP contribution in [0.15, 0.2) is 48.5 Å². The summed E-state index contributed by atoms with van der Waals surface area (Å²) in [5.41, 5.74) is 1.16. The molecule has 5 nitrogen and oxygen atoms in total. The van der Waals surface area contributed by atoms with Gasteiger partial charge in [0.25, 0.3) is 5.91 Å². The van der Waals surface area contributed by atoms with Crippen molar-refractivity contribution in [3.63, 3.8) is 0 Å². The Morgan fingerprint density at radius 3 is 2.63 bits per heavy atom. The van der Waals surface area contributed by atoms with Gasteiger partial charge in [-0.15, -0.1) is 0 Å². The molecule has 3 rings (SSSR count). The third-order valence-corrected chi connectivity index (χ3v) is 4.91. The maximum absolute atomic E-state index is 13.3. The van der Waals surface area contributed by atoms with E-state index in [-0.39, 0.29) is 11.9 Å². The van der Waals surface area contributed by atoms with Crippen LogP contribution in [-0.2, 0) is 0 Å². The number of likely N-dealkylation sites (tertiary alicyclic amines) is 1. The van der Waals surface area contributed by atoms with E-state index in [1.54, 1.807) is 13.2 Å². The molecule has 0 aliphatic carbocycles. The molecule has 142 valence electrons. The molecule has 0 saturated carbocycles. The normalized spacial score (nSPS) is 14.5. The Morgan fingerprint density at radius 2 is 1.93 bits per heavy atom. The maximum atomic E-state index is 13.3. The number of methoxy groups -OCH3 is 1. The minimum absolute atomic E-state index is 0.0473. The van der Waals surface area contributed by atoms with Crippen LogP contribution in [0.4, 0.5) is 10.1 Å². The number of amides is 1. The highest BCUT2D eigenvalue weighted by Gasteiger charge is 2.23. The molecule has 0 unspecified atom stereocenters. The molecular formula is C20H22FN3O2S. The van der Waals surface area contributed by atoms with E-state index in [1.165, 1.54) is 18.2 Å². The lowest BCUT2D eigenvalue weighted by molar-refractivity contribution is 0.0922. The molecule has 27 heavy (non-hydrogen) atoms. The summed E-state index contributed by atoms with van der Waals surface area (Å²) in [5.74, 6) is 0.0741. The number of carbonyl (C=O) groups excluding carboxylic acids is 1. The fraction of sp³-hybridized carbons (Fsp3) is 0.300. The van der Waals surface area contributed by atoms with E-state index < -0.39 is 5.82 Å². The van der Waals surface area contributed by atoms with Crippen molar-refractivity contribution in [3.05, 3.63) is 59.9 Å². The first-order valence-electron chi connectivity index (χ1n) is 8.82. The number of carbonyl (C=O) groups is 1. The number of piperidine rings is 1. The average molecular weight is 387 g/mol. The average Bonchev–Trinajstić information content (AvgIpc) is 2.69. The van der Waals surface area contributed by atoms with Crippen LogP contribution in [0, 0.1) is 5.82 Å². The van der Waals surface area contributed by atoms with Crippen molar-refractivity contribution >= 4 is 28.9 Å². The van der Waals surface area contributed by atoms with Crippen LogP contribution in [0.25, 0.3) is 0 Å². The summed E-state index contributed by atoms with van der Waals surface area (Å²) in [4.78, 5) is 14.3. The summed E-state index contributed by atoms with van der Waals surface area (Å²) in [6.45, 7) is 1.46. The van der Waals surface area contributed by atoms with Crippen LogP contribution in [0.1, 0.15) is 23.2 Å². The van der Waals surface area contributed by atoms with Crippen molar-refractivity contribution in [1.29, 1.82) is 0 Å². The van der Waals surface area contributed by atoms with Gasteiger partial charge >= 0.3 is 0 Å². The molecule has 0 aromatic heterocycles. The van der Waals surface area contributed by atoms with Gasteiger partial charge in [-0.1, -0.05) is 18.2 Å². The molecule has 1 amide bonds. The highest BCUT2D eigenvalue weighted by molar-refractivity contribution is 7.80. The lowest BCUT2D eigenvalue weighted by atomic mass is 10.0. The van der Waals surface area contributed by atoms with Gasteiger partial charge in [-0.3, -0.25) is 4.79 Å². The number of thiocarbonyl (C=S) groups is 1. The largest absolute Gasteiger partial charge is 0.495 e. The zero-order chi connectivity index (χ0) is 19.2. The minimum atomic E-state index is -0.412. The molecule has 2 N–H and O–H groups in total. The number of nitrogens with zero attached hydrogens (tertiary/aromatic N) is 1. The van der Waals surface area contributed by atoms with Gasteiger partial charge in [-0.2, -0.15) is 0 Å². The quantitative estimate of drug-likeness (QED) is 0.788. The van der Waals surface area contributed by atoms with Gasteiger partial charge in [0.2, 0.25) is 0 Å². The maximum Gasteiger partial charge on any atom is 0.251 e. The van der Waals surface area contributed by atoms with Crippen LogP contribution in [-0.4, -0.2) is 42.2 Å². The van der Waals surface area contributed by atoms with E-state index in [2.05, 4.69) is 15.5 Å². The first-order valence-corrected chi connectivity index (χ1v) is 9.23. The molecule has 2 aromatic carbocycles. The van der Waals surface area contributed by atoms with Gasteiger partial charge in [-0.05, 0) is 55.4 Å². The smallest absolute Gasteiger partial charge is 0.251 e. The molecule has 0 spiro atoms. The lowest BCUT2D eigenvalue weighted by Crippen LogP contribution is -2.47. The number of hydrogen-bond acceptors (Lipinski definition) is 3. The minimum Gasteiger partial charge on any atom is -0.495 e. The molecule has 0 bridgehead atoms. The number of anilines is 1. The number of rotatable bonds is 4. The standard InChI is InChI=1S/C20H22FN3O2S/c1-26-18-8-3-2-7-17(18)23-20(27)24-11-9-16(10-12-24)22-19(25)14-5-4-6-15(21)13-14/h2-8,13,16H,9-12H2,1H3,(H,22,25)(H,23,27). The van der Waals surface area contributed by atoms with Gasteiger partial charge in [0.1, 0.15) is 11.6 Å². The van der Waals surface area contributed by atoms with Gasteiger partial charge in [-0.25, -0.2) is 4.39 Å². The molecule has 2 aromatic rings. The van der Waals surface area contributed by atoms with Crippen LogP contribution in [0.2, 0.25) is 0 Å². The summed E-state index contributed by atoms with van der Waals surface area (Å²) >= 11 is 5.51. The van der Waals surface area contributed by atoms with Crippen molar-refractivity contribution in [1.82, 2.24) is 10.2 Å². The van der Waals surface area contributed by atoms with Gasteiger partial charge in [0.05, 0.1) is 12.8 Å². The Morgan fingerprint density at radius 1 is 1.19 bits per heavy atom. The Labute approximate surface area is 163 Å². The monoisotopic (exact) mass is 387 g/mol. The molecule has 7 heteroatoms. The molecule has 0 atom stereocenters. The third-order valence-electron chi connectivity index (χ3n) is 4.55. The number of para-hydroxylation sites is 2. The molecule has 0 radical (unpaired) electrons. The molecule has 1 fully saturated rings. The number of ether oxygens (including phenoxy) is 1. The first-order chi connectivity index (χ1) is 13.1. The predicted octanol–water partition coefficient (Wildman–Crippen LogP) is 3.43. The fourth-order valence-electron chi connectivity index (χ4n) is 3.07. The zero-order valence-electron chi connectivity index (χ0n) is 15.1. The highest BCUT2D eigenvalue weighted by atomic mass is 32.1. The van der Waals surface area contributed by atoms with E-state index in [0.717, 1.165) is 37.4 Å². The van der Waals surface area contributed by atoms with Gasteiger partial charge in [0.15, 0.2) is 5.11 Å². The number of benzene rings is 2. The van der Waals surface area contributed by atoms with Crippen molar-refractivity contribution in [2.45, 2.75) is 18.9 Å². The van der Waals surface area contributed by atoms with Gasteiger partial charge < -0.3 is 20.3 Å². The number of nitrogens with one attached hydrogen (secondary N) is 2. The SMILES string of the molecule is COc1ccccc1NC(=S)N1CCC(NC(=O)c2cccc(F)c2)CC1. The third kappa shape index (κ3) is 4.95. The van der Waals surface area contributed by atoms with E-state index in [1.807, 2.05) is 24.3 Å². The highest BCUT2D eigenvalue weighted by Crippen LogP contribution is 2.24. The molecular weight excluding hydrogens is 365 g/mol. The second kappa shape index (κ2) is 8.81. The van der Waals surface area contributed by atoms with E-state index in [9.17, 15) is 9.18 Å². The Kier molecular flexibility index (Phi) is 6.24. The van der Waals surface area contributed by atoms with E-state index >= 15 is 0 Å². The summed E-state index contributed by atoms with van der Waals surface area (Å²) < 4.78 is 18.6. The molecule has 1 heterocycles. The lowest BCUT2D eigenvalue weighted by Gasteiger charge is -2.34. The van der Waals surface area contributed by atoms with Crippen LogP contribution in [0.3, 0.4) is 0 Å². The second-order valence-electron chi connectivity index (χ2n) is 6.38. The van der Waals surface area contributed by atoms with Crippen LogP contribution in [0.5, 0.6) is 5.75 Å². The predicted molar refractivity (Wildman–Crippen MR) is 108 cm³/mol. The zero-order valence-corrected chi connectivity index (χ0v) is 15.9. The number of hydrogen-bond donors (Lipinski definition) is 2. The first kappa shape index (κ1) is 19.1. The molecule has 1 aliphatic rings.